The van der Waals surface area contributed by atoms with Crippen molar-refractivity contribution < 1.29 is 14.6 Å². The van der Waals surface area contributed by atoms with Crippen LogP contribution in [0, 0.1) is 0 Å². The molecule has 5 nitrogen and oxygen atoms in total. The van der Waals surface area contributed by atoms with Gasteiger partial charge >= 0.3 is 5.97 Å². The zero-order valence-corrected chi connectivity index (χ0v) is 13.1. The second-order valence-corrected chi connectivity index (χ2v) is 5.32. The molecule has 0 aliphatic rings. The van der Waals surface area contributed by atoms with Gasteiger partial charge in [-0.1, -0.05) is 28.1 Å². The van der Waals surface area contributed by atoms with Crippen molar-refractivity contribution in [2.45, 2.75) is 19.3 Å². The highest BCUT2D eigenvalue weighted by Gasteiger charge is 2.23. The predicted octanol–water partition coefficient (Wildman–Crippen LogP) is 3.05. The number of hydrogen-bond acceptors (Lipinski definition) is 4. The highest BCUT2D eigenvalue weighted by Crippen LogP contribution is 2.21. The van der Waals surface area contributed by atoms with Gasteiger partial charge in [-0.3, -0.25) is 4.79 Å². The summed E-state index contributed by atoms with van der Waals surface area (Å²) in [5.74, 6) is -1.10. The van der Waals surface area contributed by atoms with Gasteiger partial charge < -0.3 is 9.84 Å². The Labute approximate surface area is 131 Å². The monoisotopic (exact) mass is 350 g/mol. The number of carboxylic acid groups (broad SMARTS) is 1. The van der Waals surface area contributed by atoms with Crippen molar-refractivity contribution in [1.29, 1.82) is 0 Å². The van der Waals surface area contributed by atoms with Crippen LogP contribution in [-0.4, -0.2) is 27.7 Å². The van der Waals surface area contributed by atoms with Crippen molar-refractivity contribution in [2.75, 3.05) is 6.61 Å². The van der Waals surface area contributed by atoms with Crippen LogP contribution < -0.4 is 4.74 Å². The Morgan fingerprint density at radius 1 is 1.33 bits per heavy atom. The smallest absolute Gasteiger partial charge is 0.314 e. The topological polar surface area (TPSA) is 72.3 Å². The minimum atomic E-state index is -0.952. The van der Waals surface area contributed by atoms with Gasteiger partial charge in [-0.25, -0.2) is 4.98 Å². The molecule has 2 aromatic rings. The fraction of sp³-hybridized carbons (Fsp3) is 0.267. The zero-order valence-electron chi connectivity index (χ0n) is 11.5. The zero-order chi connectivity index (χ0) is 15.2. The quantitative estimate of drug-likeness (QED) is 0.866. The van der Waals surface area contributed by atoms with Crippen molar-refractivity contribution >= 4 is 21.9 Å². The normalized spacial score (nSPS) is 11.9. The molecule has 0 bridgehead atoms. The molecular formula is C15H15BrN2O3. The summed E-state index contributed by atoms with van der Waals surface area (Å²) in [5, 5.41) is 9.43. The van der Waals surface area contributed by atoms with Gasteiger partial charge in [-0.2, -0.15) is 4.98 Å². The molecule has 1 unspecified atom stereocenters. The molecule has 21 heavy (non-hydrogen) atoms. The van der Waals surface area contributed by atoms with E-state index in [-0.39, 0.29) is 5.82 Å². The summed E-state index contributed by atoms with van der Waals surface area (Å²) in [6, 6.07) is 9.14. The number of aromatic nitrogens is 2. The van der Waals surface area contributed by atoms with Crippen LogP contribution in [0.5, 0.6) is 5.88 Å². The van der Waals surface area contributed by atoms with Gasteiger partial charge in [0.15, 0.2) is 0 Å². The largest absolute Gasteiger partial charge is 0.481 e. The van der Waals surface area contributed by atoms with E-state index in [1.807, 2.05) is 31.2 Å². The van der Waals surface area contributed by atoms with E-state index in [2.05, 4.69) is 25.9 Å². The van der Waals surface area contributed by atoms with E-state index >= 15 is 0 Å². The minimum Gasteiger partial charge on any atom is -0.481 e. The molecule has 0 radical (unpaired) electrons. The third-order valence-electron chi connectivity index (χ3n) is 2.90. The highest BCUT2D eigenvalue weighted by atomic mass is 79.9. The van der Waals surface area contributed by atoms with Crippen LogP contribution in [0.4, 0.5) is 0 Å². The Morgan fingerprint density at radius 3 is 2.67 bits per heavy atom. The molecule has 0 saturated heterocycles. The molecule has 0 fully saturated rings. The van der Waals surface area contributed by atoms with Crippen LogP contribution in [0.25, 0.3) is 0 Å². The molecule has 1 heterocycles. The lowest BCUT2D eigenvalue weighted by Gasteiger charge is -2.12. The molecule has 1 aromatic heterocycles. The summed E-state index contributed by atoms with van der Waals surface area (Å²) >= 11 is 3.35. The summed E-state index contributed by atoms with van der Waals surface area (Å²) < 4.78 is 6.24. The molecule has 6 heteroatoms. The van der Waals surface area contributed by atoms with Crippen molar-refractivity contribution in [3.8, 4) is 5.88 Å². The van der Waals surface area contributed by atoms with E-state index in [9.17, 15) is 9.90 Å². The van der Waals surface area contributed by atoms with Crippen molar-refractivity contribution in [3.05, 3.63) is 52.4 Å². The molecule has 1 aromatic carbocycles. The Hall–Kier alpha value is -1.95. The molecular weight excluding hydrogens is 336 g/mol. The maximum atomic E-state index is 11.5. The van der Waals surface area contributed by atoms with Crippen LogP contribution >= 0.6 is 15.9 Å². The first-order valence-electron chi connectivity index (χ1n) is 6.53. The lowest BCUT2D eigenvalue weighted by Crippen LogP contribution is -2.17. The number of nitrogens with zero attached hydrogens (tertiary/aromatic N) is 2. The number of benzene rings is 1. The van der Waals surface area contributed by atoms with E-state index in [1.54, 1.807) is 6.07 Å². The molecule has 0 saturated carbocycles. The summed E-state index contributed by atoms with van der Waals surface area (Å²) in [5.41, 5.74) is 0.913. The molecule has 1 atom stereocenters. The van der Waals surface area contributed by atoms with E-state index in [0.29, 0.717) is 18.9 Å². The number of carboxylic acids is 1. The predicted molar refractivity (Wildman–Crippen MR) is 81.4 cm³/mol. The lowest BCUT2D eigenvalue weighted by molar-refractivity contribution is -0.139. The standard InChI is InChI=1S/C15H15BrN2O3/c1-2-21-13-7-8-17-14(18-13)12(15(19)20)9-10-3-5-11(16)6-4-10/h3-8,12H,2,9H2,1H3,(H,19,20). The maximum Gasteiger partial charge on any atom is 0.314 e. The summed E-state index contributed by atoms with van der Waals surface area (Å²) in [7, 11) is 0. The van der Waals surface area contributed by atoms with Gasteiger partial charge in [-0.05, 0) is 31.0 Å². The maximum absolute atomic E-state index is 11.5. The Morgan fingerprint density at radius 2 is 2.05 bits per heavy atom. The van der Waals surface area contributed by atoms with Crippen LogP contribution in [-0.2, 0) is 11.2 Å². The van der Waals surface area contributed by atoms with E-state index in [1.165, 1.54) is 6.20 Å². The molecule has 0 amide bonds. The first-order chi connectivity index (χ1) is 10.1. The molecule has 1 N–H and O–H groups in total. The van der Waals surface area contributed by atoms with Gasteiger partial charge in [0, 0.05) is 16.7 Å². The second kappa shape index (κ2) is 7.17. The molecule has 2 rings (SSSR count). The number of hydrogen-bond donors (Lipinski definition) is 1. The Balaban J connectivity index is 2.24. The van der Waals surface area contributed by atoms with Gasteiger partial charge in [0.05, 0.1) is 6.61 Å². The summed E-state index contributed by atoms with van der Waals surface area (Å²) in [6.07, 6.45) is 1.85. The Kier molecular flexibility index (Phi) is 5.27. The van der Waals surface area contributed by atoms with Crippen LogP contribution in [0.15, 0.2) is 41.0 Å². The van der Waals surface area contributed by atoms with Crippen molar-refractivity contribution in [1.82, 2.24) is 9.97 Å². The fourth-order valence-electron chi connectivity index (χ4n) is 1.90. The summed E-state index contributed by atoms with van der Waals surface area (Å²) in [4.78, 5) is 19.8. The first kappa shape index (κ1) is 15.4. The number of rotatable bonds is 6. The molecule has 0 aliphatic heterocycles. The van der Waals surface area contributed by atoms with Gasteiger partial charge in [0.1, 0.15) is 11.7 Å². The first-order valence-corrected chi connectivity index (χ1v) is 7.32. The SMILES string of the molecule is CCOc1ccnc(C(Cc2ccc(Br)cc2)C(=O)O)n1. The summed E-state index contributed by atoms with van der Waals surface area (Å²) in [6.45, 7) is 2.32. The van der Waals surface area contributed by atoms with Gasteiger partial charge in [-0.15, -0.1) is 0 Å². The number of ether oxygens (including phenoxy) is 1. The third kappa shape index (κ3) is 4.26. The van der Waals surface area contributed by atoms with Crippen molar-refractivity contribution in [2.24, 2.45) is 0 Å². The molecule has 0 spiro atoms. The number of halogens is 1. The highest BCUT2D eigenvalue weighted by molar-refractivity contribution is 9.10. The number of aliphatic carboxylic acids is 1. The average Bonchev–Trinajstić information content (AvgIpc) is 2.47. The lowest BCUT2D eigenvalue weighted by atomic mass is 9.98. The van der Waals surface area contributed by atoms with Crippen LogP contribution in [0.2, 0.25) is 0 Å². The van der Waals surface area contributed by atoms with E-state index in [0.717, 1.165) is 10.0 Å². The van der Waals surface area contributed by atoms with Crippen LogP contribution in [0.3, 0.4) is 0 Å². The van der Waals surface area contributed by atoms with Gasteiger partial charge in [0.2, 0.25) is 5.88 Å². The third-order valence-corrected chi connectivity index (χ3v) is 3.43. The molecule has 0 aliphatic carbocycles. The van der Waals surface area contributed by atoms with Crippen molar-refractivity contribution in [3.63, 3.8) is 0 Å². The van der Waals surface area contributed by atoms with E-state index < -0.39 is 11.9 Å². The number of carbonyl (C=O) groups is 1. The fourth-order valence-corrected chi connectivity index (χ4v) is 2.16. The minimum absolute atomic E-state index is 0.261. The second-order valence-electron chi connectivity index (χ2n) is 4.41. The van der Waals surface area contributed by atoms with Crippen LogP contribution in [0.1, 0.15) is 24.2 Å². The average molecular weight is 351 g/mol. The van der Waals surface area contributed by atoms with E-state index in [4.69, 9.17) is 4.74 Å². The molecule has 110 valence electrons. The Bertz CT molecular complexity index is 617. The van der Waals surface area contributed by atoms with Gasteiger partial charge in [0.25, 0.3) is 0 Å².